The molecule has 0 aliphatic heterocycles. The van der Waals surface area contributed by atoms with Gasteiger partial charge in [0.2, 0.25) is 0 Å². The van der Waals surface area contributed by atoms with E-state index in [1.807, 2.05) is 16.8 Å². The zero-order valence-corrected chi connectivity index (χ0v) is 13.8. The predicted molar refractivity (Wildman–Crippen MR) is 88.4 cm³/mol. The first-order valence-corrected chi connectivity index (χ1v) is 8.05. The molecule has 0 fully saturated rings. The van der Waals surface area contributed by atoms with Gasteiger partial charge < -0.3 is 10.1 Å². The van der Waals surface area contributed by atoms with Crippen molar-refractivity contribution in [2.75, 3.05) is 7.11 Å². The standard InChI is InChI=1S/C15H13ClN4O2S/c1-22-14-3-2-10(16)6-13(14)15(21)17-7-11-8-20(19-18-11)12-4-5-23-9-12/h2-6,8-9H,7H2,1H3,(H,17,21). The number of nitrogens with zero attached hydrogens (tertiary/aromatic N) is 3. The lowest BCUT2D eigenvalue weighted by Crippen LogP contribution is -2.23. The van der Waals surface area contributed by atoms with Crippen LogP contribution in [0.15, 0.2) is 41.2 Å². The van der Waals surface area contributed by atoms with Crippen molar-refractivity contribution < 1.29 is 9.53 Å². The van der Waals surface area contributed by atoms with Crippen LogP contribution in [0.4, 0.5) is 0 Å². The number of amides is 1. The van der Waals surface area contributed by atoms with Crippen LogP contribution in [0.3, 0.4) is 0 Å². The summed E-state index contributed by atoms with van der Waals surface area (Å²) in [5, 5.41) is 15.3. The van der Waals surface area contributed by atoms with E-state index in [0.29, 0.717) is 22.0 Å². The van der Waals surface area contributed by atoms with E-state index >= 15 is 0 Å². The lowest BCUT2D eigenvalue weighted by molar-refractivity contribution is 0.0947. The summed E-state index contributed by atoms with van der Waals surface area (Å²) in [6.45, 7) is 0.263. The van der Waals surface area contributed by atoms with Gasteiger partial charge in [-0.05, 0) is 29.6 Å². The molecule has 6 nitrogen and oxygen atoms in total. The third kappa shape index (κ3) is 3.52. The van der Waals surface area contributed by atoms with E-state index in [2.05, 4.69) is 15.6 Å². The molecule has 0 bridgehead atoms. The molecule has 0 atom stereocenters. The van der Waals surface area contributed by atoms with Crippen LogP contribution in [0.25, 0.3) is 5.69 Å². The zero-order chi connectivity index (χ0) is 16.2. The molecule has 0 aliphatic rings. The second-order valence-corrected chi connectivity index (χ2v) is 5.88. The molecule has 0 radical (unpaired) electrons. The van der Waals surface area contributed by atoms with Gasteiger partial charge in [-0.2, -0.15) is 11.3 Å². The van der Waals surface area contributed by atoms with Crippen LogP contribution in [0.1, 0.15) is 16.1 Å². The van der Waals surface area contributed by atoms with Crippen molar-refractivity contribution in [2.45, 2.75) is 6.54 Å². The van der Waals surface area contributed by atoms with Gasteiger partial charge in [-0.1, -0.05) is 16.8 Å². The summed E-state index contributed by atoms with van der Waals surface area (Å²) in [6.07, 6.45) is 1.78. The predicted octanol–water partition coefficient (Wildman–Crippen LogP) is 2.92. The molecular formula is C15H13ClN4O2S. The number of benzene rings is 1. The molecule has 0 spiro atoms. The molecule has 1 amide bonds. The lowest BCUT2D eigenvalue weighted by atomic mass is 10.2. The zero-order valence-electron chi connectivity index (χ0n) is 12.2. The Bertz CT molecular complexity index is 817. The number of nitrogens with one attached hydrogen (secondary N) is 1. The first-order valence-electron chi connectivity index (χ1n) is 6.73. The Hall–Kier alpha value is -2.38. The Morgan fingerprint density at radius 1 is 1.43 bits per heavy atom. The van der Waals surface area contributed by atoms with Crippen molar-refractivity contribution in [2.24, 2.45) is 0 Å². The average molecular weight is 349 g/mol. The highest BCUT2D eigenvalue weighted by Crippen LogP contribution is 2.22. The van der Waals surface area contributed by atoms with Crippen LogP contribution in [0.5, 0.6) is 5.75 Å². The Labute approximate surface area is 141 Å². The number of ether oxygens (including phenoxy) is 1. The molecule has 1 N–H and O–H groups in total. The highest BCUT2D eigenvalue weighted by Gasteiger charge is 2.13. The number of hydrogen-bond acceptors (Lipinski definition) is 5. The van der Waals surface area contributed by atoms with Gasteiger partial charge in [-0.25, -0.2) is 4.68 Å². The third-order valence-corrected chi connectivity index (χ3v) is 4.05. The minimum Gasteiger partial charge on any atom is -0.496 e. The Morgan fingerprint density at radius 2 is 2.30 bits per heavy atom. The smallest absolute Gasteiger partial charge is 0.255 e. The molecule has 1 aromatic carbocycles. The Morgan fingerprint density at radius 3 is 3.04 bits per heavy atom. The van der Waals surface area contributed by atoms with Gasteiger partial charge in [0.25, 0.3) is 5.91 Å². The van der Waals surface area contributed by atoms with E-state index in [0.717, 1.165) is 5.69 Å². The van der Waals surface area contributed by atoms with Crippen LogP contribution in [0, 0.1) is 0 Å². The maximum absolute atomic E-state index is 12.3. The van der Waals surface area contributed by atoms with E-state index < -0.39 is 0 Å². The van der Waals surface area contributed by atoms with Gasteiger partial charge in [0.15, 0.2) is 0 Å². The molecule has 8 heteroatoms. The second-order valence-electron chi connectivity index (χ2n) is 4.66. The topological polar surface area (TPSA) is 69.0 Å². The normalized spacial score (nSPS) is 10.5. The lowest BCUT2D eigenvalue weighted by Gasteiger charge is -2.08. The number of rotatable bonds is 5. The van der Waals surface area contributed by atoms with Crippen molar-refractivity contribution in [3.05, 3.63) is 57.5 Å². The monoisotopic (exact) mass is 348 g/mol. The molecule has 3 aromatic rings. The molecule has 2 aromatic heterocycles. The van der Waals surface area contributed by atoms with Gasteiger partial charge in [0.05, 0.1) is 31.1 Å². The summed E-state index contributed by atoms with van der Waals surface area (Å²) in [7, 11) is 1.51. The molecule has 118 valence electrons. The average Bonchev–Trinajstić information content (AvgIpc) is 3.23. The first-order chi connectivity index (χ1) is 11.2. The van der Waals surface area contributed by atoms with Gasteiger partial charge in [-0.15, -0.1) is 5.10 Å². The highest BCUT2D eigenvalue weighted by atomic mass is 35.5. The van der Waals surface area contributed by atoms with Gasteiger partial charge in [0, 0.05) is 10.4 Å². The Kier molecular flexibility index (Phi) is 4.59. The van der Waals surface area contributed by atoms with Crippen LogP contribution in [0.2, 0.25) is 5.02 Å². The van der Waals surface area contributed by atoms with Crippen LogP contribution >= 0.6 is 22.9 Å². The number of aromatic nitrogens is 3. The van der Waals surface area contributed by atoms with Crippen molar-refractivity contribution in [1.82, 2.24) is 20.3 Å². The number of thiophene rings is 1. The largest absolute Gasteiger partial charge is 0.496 e. The Balaban J connectivity index is 1.69. The number of hydrogen-bond donors (Lipinski definition) is 1. The molecule has 0 unspecified atom stereocenters. The van der Waals surface area contributed by atoms with E-state index in [1.165, 1.54) is 7.11 Å². The van der Waals surface area contributed by atoms with Crippen LogP contribution in [-0.4, -0.2) is 28.0 Å². The quantitative estimate of drug-likeness (QED) is 0.769. The number of methoxy groups -OCH3 is 1. The summed E-state index contributed by atoms with van der Waals surface area (Å²) in [5.41, 5.74) is 1.98. The van der Waals surface area contributed by atoms with E-state index in [1.54, 1.807) is 40.4 Å². The fraction of sp³-hybridized carbons (Fsp3) is 0.133. The number of carbonyl (C=O) groups excluding carboxylic acids is 1. The van der Waals surface area contributed by atoms with Crippen molar-refractivity contribution >= 4 is 28.8 Å². The van der Waals surface area contributed by atoms with Crippen LogP contribution in [-0.2, 0) is 6.54 Å². The highest BCUT2D eigenvalue weighted by molar-refractivity contribution is 7.08. The molecule has 0 aliphatic carbocycles. The summed E-state index contributed by atoms with van der Waals surface area (Å²) < 4.78 is 6.84. The molecule has 0 saturated heterocycles. The fourth-order valence-corrected chi connectivity index (χ4v) is 2.81. The number of carbonyl (C=O) groups is 1. The maximum Gasteiger partial charge on any atom is 0.255 e. The maximum atomic E-state index is 12.3. The second kappa shape index (κ2) is 6.80. The molecule has 0 saturated carbocycles. The van der Waals surface area contributed by atoms with Gasteiger partial charge in [0.1, 0.15) is 11.4 Å². The summed E-state index contributed by atoms with van der Waals surface area (Å²) >= 11 is 7.52. The van der Waals surface area contributed by atoms with Crippen molar-refractivity contribution in [3.63, 3.8) is 0 Å². The van der Waals surface area contributed by atoms with Gasteiger partial charge >= 0.3 is 0 Å². The SMILES string of the molecule is COc1ccc(Cl)cc1C(=O)NCc1cn(-c2ccsc2)nn1. The van der Waals surface area contributed by atoms with Crippen molar-refractivity contribution in [3.8, 4) is 11.4 Å². The molecule has 3 rings (SSSR count). The first kappa shape index (κ1) is 15.5. The van der Waals surface area contributed by atoms with Crippen LogP contribution < -0.4 is 10.1 Å². The van der Waals surface area contributed by atoms with Crippen molar-refractivity contribution in [1.29, 1.82) is 0 Å². The molecule has 2 heterocycles. The molecule has 23 heavy (non-hydrogen) atoms. The minimum atomic E-state index is -0.283. The van der Waals surface area contributed by atoms with Gasteiger partial charge in [-0.3, -0.25) is 4.79 Å². The van der Waals surface area contributed by atoms with E-state index in [-0.39, 0.29) is 12.5 Å². The van der Waals surface area contributed by atoms with E-state index in [4.69, 9.17) is 16.3 Å². The number of halogens is 1. The fourth-order valence-electron chi connectivity index (χ4n) is 2.02. The van der Waals surface area contributed by atoms with E-state index in [9.17, 15) is 4.79 Å². The summed E-state index contributed by atoms with van der Waals surface area (Å²) in [6, 6.07) is 6.84. The molecular weight excluding hydrogens is 336 g/mol. The minimum absolute atomic E-state index is 0.263. The third-order valence-electron chi connectivity index (χ3n) is 3.15. The summed E-state index contributed by atoms with van der Waals surface area (Å²) in [5.74, 6) is 0.184. The summed E-state index contributed by atoms with van der Waals surface area (Å²) in [4.78, 5) is 12.3.